The summed E-state index contributed by atoms with van der Waals surface area (Å²) >= 11 is 0. The molecule has 0 aliphatic carbocycles. The van der Waals surface area contributed by atoms with Crippen LogP contribution in [0, 0.1) is 0 Å². The second-order valence-electron chi connectivity index (χ2n) is 6.72. The molecule has 0 spiro atoms. The van der Waals surface area contributed by atoms with Gasteiger partial charge in [-0.3, -0.25) is 4.40 Å². The van der Waals surface area contributed by atoms with Crippen LogP contribution < -0.4 is 0 Å². The molecule has 0 radical (unpaired) electrons. The molecule has 0 fully saturated rings. The molecule has 0 saturated carbocycles. The van der Waals surface area contributed by atoms with E-state index in [1.807, 2.05) is 28.8 Å². The van der Waals surface area contributed by atoms with Gasteiger partial charge in [-0.2, -0.15) is 4.98 Å². The molecule has 2 heterocycles. The smallest absolute Gasteiger partial charge is 0.306 e. The fourth-order valence-electron chi connectivity index (χ4n) is 3.46. The standard InChI is InChI=1S/C22H16N2O3S/c1-28(25,26)19-10-8-16(9-11-19)21-20(23-22-24(21)12-13-27-22)18-7-6-15-4-2-3-5-17(15)14-18/h2-14H,1H3. The molecule has 0 amide bonds. The van der Waals surface area contributed by atoms with Crippen LogP contribution in [0.3, 0.4) is 0 Å². The Balaban J connectivity index is 1.73. The van der Waals surface area contributed by atoms with Crippen molar-refractivity contribution in [1.29, 1.82) is 0 Å². The molecule has 0 atom stereocenters. The molecule has 0 aliphatic rings. The molecule has 0 unspecified atom stereocenters. The average molecular weight is 388 g/mol. The van der Waals surface area contributed by atoms with Crippen molar-refractivity contribution in [3.05, 3.63) is 79.2 Å². The Morgan fingerprint density at radius 3 is 2.36 bits per heavy atom. The van der Waals surface area contributed by atoms with Gasteiger partial charge in [0.15, 0.2) is 9.84 Å². The Hall–Kier alpha value is -3.38. The van der Waals surface area contributed by atoms with Crippen LogP contribution in [0.2, 0.25) is 0 Å². The maximum Gasteiger partial charge on any atom is 0.306 e. The molecule has 0 N–H and O–H groups in total. The average Bonchev–Trinajstić information content (AvgIpc) is 3.28. The summed E-state index contributed by atoms with van der Waals surface area (Å²) in [5, 5.41) is 2.29. The maximum atomic E-state index is 11.8. The van der Waals surface area contributed by atoms with Gasteiger partial charge in [0.2, 0.25) is 0 Å². The van der Waals surface area contributed by atoms with Crippen molar-refractivity contribution < 1.29 is 12.8 Å². The lowest BCUT2D eigenvalue weighted by Gasteiger charge is -2.07. The predicted octanol–water partition coefficient (Wildman–Crippen LogP) is 4.82. The molecule has 0 aliphatic heterocycles. The number of benzene rings is 3. The van der Waals surface area contributed by atoms with Crippen LogP contribution >= 0.6 is 0 Å². The summed E-state index contributed by atoms with van der Waals surface area (Å²) in [6.07, 6.45) is 4.60. The van der Waals surface area contributed by atoms with Gasteiger partial charge in [0.05, 0.1) is 10.6 Å². The first-order chi connectivity index (χ1) is 13.5. The second-order valence-corrected chi connectivity index (χ2v) is 8.74. The third-order valence-electron chi connectivity index (χ3n) is 4.84. The zero-order valence-electron chi connectivity index (χ0n) is 15.0. The van der Waals surface area contributed by atoms with E-state index >= 15 is 0 Å². The molecule has 3 aromatic carbocycles. The number of oxazole rings is 1. The van der Waals surface area contributed by atoms with Gasteiger partial charge in [-0.1, -0.05) is 48.5 Å². The maximum absolute atomic E-state index is 11.8. The molecular weight excluding hydrogens is 372 g/mol. The van der Waals surface area contributed by atoms with Gasteiger partial charge in [-0.15, -0.1) is 0 Å². The topological polar surface area (TPSA) is 64.6 Å². The molecule has 0 bridgehead atoms. The zero-order chi connectivity index (χ0) is 19.3. The van der Waals surface area contributed by atoms with Gasteiger partial charge < -0.3 is 4.42 Å². The second kappa shape index (κ2) is 6.07. The van der Waals surface area contributed by atoms with E-state index < -0.39 is 9.84 Å². The number of sulfone groups is 1. The Morgan fingerprint density at radius 2 is 1.61 bits per heavy atom. The summed E-state index contributed by atoms with van der Waals surface area (Å²) in [6, 6.07) is 21.2. The number of rotatable bonds is 3. The summed E-state index contributed by atoms with van der Waals surface area (Å²) in [5.74, 6) is 0.491. The van der Waals surface area contributed by atoms with E-state index in [0.717, 1.165) is 33.3 Å². The summed E-state index contributed by atoms with van der Waals surface area (Å²) in [4.78, 5) is 4.96. The summed E-state index contributed by atoms with van der Waals surface area (Å²) in [7, 11) is -3.25. The molecule has 138 valence electrons. The highest BCUT2D eigenvalue weighted by molar-refractivity contribution is 7.90. The monoisotopic (exact) mass is 388 g/mol. The van der Waals surface area contributed by atoms with Crippen LogP contribution in [-0.2, 0) is 9.84 Å². The number of hydrogen-bond acceptors (Lipinski definition) is 4. The molecule has 6 heteroatoms. The number of nitrogens with zero attached hydrogens (tertiary/aromatic N) is 2. The minimum Gasteiger partial charge on any atom is -0.432 e. The molecular formula is C22H16N2O3S. The van der Waals surface area contributed by atoms with Gasteiger partial charge in [0, 0.05) is 23.6 Å². The van der Waals surface area contributed by atoms with E-state index in [9.17, 15) is 8.42 Å². The Kier molecular flexibility index (Phi) is 3.64. The summed E-state index contributed by atoms with van der Waals surface area (Å²) < 4.78 is 30.9. The van der Waals surface area contributed by atoms with Crippen LogP contribution in [0.15, 0.2) is 88.5 Å². The molecule has 0 saturated heterocycles. The Labute approximate surface area is 161 Å². The van der Waals surface area contributed by atoms with Crippen LogP contribution in [-0.4, -0.2) is 24.1 Å². The highest BCUT2D eigenvalue weighted by Crippen LogP contribution is 2.34. The summed E-state index contributed by atoms with van der Waals surface area (Å²) in [5.41, 5.74) is 3.49. The molecule has 2 aromatic heterocycles. The lowest BCUT2D eigenvalue weighted by molar-refractivity contribution is 0.596. The zero-order valence-corrected chi connectivity index (χ0v) is 15.8. The molecule has 5 rings (SSSR count). The van der Waals surface area contributed by atoms with Gasteiger partial charge in [-0.25, -0.2) is 8.42 Å². The molecule has 5 nitrogen and oxygen atoms in total. The van der Waals surface area contributed by atoms with E-state index in [2.05, 4.69) is 29.2 Å². The number of hydrogen-bond donors (Lipinski definition) is 0. The third kappa shape index (κ3) is 2.70. The first kappa shape index (κ1) is 16.8. The predicted molar refractivity (Wildman–Crippen MR) is 109 cm³/mol. The van der Waals surface area contributed by atoms with Crippen LogP contribution in [0.1, 0.15) is 0 Å². The lowest BCUT2D eigenvalue weighted by Crippen LogP contribution is -1.96. The van der Waals surface area contributed by atoms with Crippen molar-refractivity contribution in [2.75, 3.05) is 6.26 Å². The van der Waals surface area contributed by atoms with E-state index in [0.29, 0.717) is 5.84 Å². The first-order valence-electron chi connectivity index (χ1n) is 8.76. The van der Waals surface area contributed by atoms with Gasteiger partial charge in [0.25, 0.3) is 0 Å². The first-order valence-corrected chi connectivity index (χ1v) is 10.6. The third-order valence-corrected chi connectivity index (χ3v) is 5.97. The van der Waals surface area contributed by atoms with E-state index in [1.54, 1.807) is 30.5 Å². The highest BCUT2D eigenvalue weighted by Gasteiger charge is 2.18. The van der Waals surface area contributed by atoms with Crippen LogP contribution in [0.4, 0.5) is 0 Å². The van der Waals surface area contributed by atoms with Crippen LogP contribution in [0.5, 0.6) is 0 Å². The fraction of sp³-hybridized carbons (Fsp3) is 0.0455. The highest BCUT2D eigenvalue weighted by atomic mass is 32.2. The number of imidazole rings is 1. The Morgan fingerprint density at radius 1 is 0.893 bits per heavy atom. The van der Waals surface area contributed by atoms with Gasteiger partial charge >= 0.3 is 5.84 Å². The van der Waals surface area contributed by atoms with E-state index in [1.165, 1.54) is 6.26 Å². The Bertz CT molecular complexity index is 1430. The largest absolute Gasteiger partial charge is 0.432 e. The van der Waals surface area contributed by atoms with Crippen molar-refractivity contribution in [3.63, 3.8) is 0 Å². The van der Waals surface area contributed by atoms with Crippen molar-refractivity contribution in [3.8, 4) is 22.5 Å². The van der Waals surface area contributed by atoms with Crippen LogP contribution in [0.25, 0.3) is 39.1 Å². The minimum absolute atomic E-state index is 0.288. The normalized spacial score (nSPS) is 12.0. The van der Waals surface area contributed by atoms with Gasteiger partial charge in [-0.05, 0) is 29.0 Å². The number of fused-ring (bicyclic) bond motifs is 2. The fourth-order valence-corrected chi connectivity index (χ4v) is 4.09. The summed E-state index contributed by atoms with van der Waals surface area (Å²) in [6.45, 7) is 0. The molecule has 5 aromatic rings. The number of aromatic nitrogens is 2. The van der Waals surface area contributed by atoms with Crippen molar-refractivity contribution >= 4 is 26.5 Å². The van der Waals surface area contributed by atoms with Crippen molar-refractivity contribution in [2.45, 2.75) is 4.90 Å². The SMILES string of the molecule is CS(=O)(=O)c1ccc(-c2c(-c3ccc4ccccc4c3)nc3occn23)cc1. The molecule has 28 heavy (non-hydrogen) atoms. The minimum atomic E-state index is -3.25. The lowest BCUT2D eigenvalue weighted by atomic mass is 10.0. The van der Waals surface area contributed by atoms with E-state index in [4.69, 9.17) is 4.42 Å². The quantitative estimate of drug-likeness (QED) is 0.445. The van der Waals surface area contributed by atoms with Crippen molar-refractivity contribution in [1.82, 2.24) is 9.38 Å². The van der Waals surface area contributed by atoms with E-state index in [-0.39, 0.29) is 4.90 Å². The van der Waals surface area contributed by atoms with Gasteiger partial charge in [0.1, 0.15) is 12.0 Å². The van der Waals surface area contributed by atoms with Crippen molar-refractivity contribution in [2.24, 2.45) is 0 Å².